The standard InChI is InChI=1S/C15H10FN5S/c1-9-4-5-14-18-19-15(21(14)20-9)22-13-7-10-3-2-6-17-12(10)8-11(13)16/h2-8H,1H3. The van der Waals surface area contributed by atoms with Gasteiger partial charge in [0, 0.05) is 17.6 Å². The van der Waals surface area contributed by atoms with Crippen molar-refractivity contribution in [2.45, 2.75) is 17.0 Å². The lowest BCUT2D eigenvalue weighted by Crippen LogP contribution is -1.96. The van der Waals surface area contributed by atoms with E-state index in [0.29, 0.717) is 21.2 Å². The summed E-state index contributed by atoms with van der Waals surface area (Å²) in [5, 5.41) is 13.9. The average Bonchev–Trinajstić information content (AvgIpc) is 2.90. The Morgan fingerprint density at radius 3 is 2.95 bits per heavy atom. The van der Waals surface area contributed by atoms with E-state index in [-0.39, 0.29) is 5.82 Å². The van der Waals surface area contributed by atoms with Crippen LogP contribution in [0.15, 0.2) is 52.6 Å². The molecular weight excluding hydrogens is 301 g/mol. The first-order chi connectivity index (χ1) is 10.7. The monoisotopic (exact) mass is 311 g/mol. The largest absolute Gasteiger partial charge is 0.256 e. The lowest BCUT2D eigenvalue weighted by molar-refractivity contribution is 0.603. The van der Waals surface area contributed by atoms with Crippen LogP contribution in [0.25, 0.3) is 16.6 Å². The summed E-state index contributed by atoms with van der Waals surface area (Å²) in [5.74, 6) is -0.333. The van der Waals surface area contributed by atoms with E-state index in [1.807, 2.05) is 31.2 Å². The van der Waals surface area contributed by atoms with Gasteiger partial charge in [-0.05, 0) is 43.0 Å². The fraction of sp³-hybridized carbons (Fsp3) is 0.0667. The van der Waals surface area contributed by atoms with E-state index in [0.717, 1.165) is 11.1 Å². The minimum absolute atomic E-state index is 0.333. The van der Waals surface area contributed by atoms with Crippen LogP contribution in [0.3, 0.4) is 0 Å². The Hall–Kier alpha value is -2.54. The molecule has 0 spiro atoms. The number of pyridine rings is 1. The summed E-state index contributed by atoms with van der Waals surface area (Å²) in [6.07, 6.45) is 1.65. The summed E-state index contributed by atoms with van der Waals surface area (Å²) in [7, 11) is 0. The molecule has 4 rings (SSSR count). The van der Waals surface area contributed by atoms with E-state index in [4.69, 9.17) is 0 Å². The quantitative estimate of drug-likeness (QED) is 0.568. The van der Waals surface area contributed by atoms with Crippen LogP contribution < -0.4 is 0 Å². The van der Waals surface area contributed by atoms with Crippen molar-refractivity contribution in [3.8, 4) is 0 Å². The maximum absolute atomic E-state index is 14.3. The predicted molar refractivity (Wildman–Crippen MR) is 81.3 cm³/mol. The Morgan fingerprint density at radius 1 is 1.14 bits per heavy atom. The molecule has 0 aliphatic rings. The highest BCUT2D eigenvalue weighted by molar-refractivity contribution is 7.99. The molecule has 0 radical (unpaired) electrons. The van der Waals surface area contributed by atoms with Gasteiger partial charge >= 0.3 is 0 Å². The summed E-state index contributed by atoms with van der Waals surface area (Å²) in [5.41, 5.74) is 2.11. The summed E-state index contributed by atoms with van der Waals surface area (Å²) in [4.78, 5) is 4.62. The van der Waals surface area contributed by atoms with Crippen molar-refractivity contribution in [3.63, 3.8) is 0 Å². The van der Waals surface area contributed by atoms with Crippen molar-refractivity contribution in [3.05, 3.63) is 54.1 Å². The molecule has 22 heavy (non-hydrogen) atoms. The normalized spacial score (nSPS) is 11.4. The zero-order valence-corrected chi connectivity index (χ0v) is 12.4. The van der Waals surface area contributed by atoms with Crippen LogP contribution in [-0.2, 0) is 0 Å². The molecule has 0 fully saturated rings. The highest BCUT2D eigenvalue weighted by Crippen LogP contribution is 2.31. The van der Waals surface area contributed by atoms with Gasteiger partial charge in [0.1, 0.15) is 5.82 Å². The third-order valence-electron chi connectivity index (χ3n) is 3.23. The topological polar surface area (TPSA) is 56.0 Å². The fourth-order valence-corrected chi connectivity index (χ4v) is 3.02. The number of benzene rings is 1. The molecule has 0 bridgehead atoms. The number of halogens is 1. The smallest absolute Gasteiger partial charge is 0.217 e. The van der Waals surface area contributed by atoms with Crippen LogP contribution in [0.1, 0.15) is 5.69 Å². The van der Waals surface area contributed by atoms with E-state index in [2.05, 4.69) is 20.3 Å². The molecule has 0 amide bonds. The third kappa shape index (κ3) is 2.19. The van der Waals surface area contributed by atoms with Gasteiger partial charge in [-0.3, -0.25) is 4.98 Å². The zero-order valence-electron chi connectivity index (χ0n) is 11.6. The first-order valence-electron chi connectivity index (χ1n) is 6.62. The van der Waals surface area contributed by atoms with Crippen LogP contribution >= 0.6 is 11.8 Å². The first-order valence-corrected chi connectivity index (χ1v) is 7.43. The lowest BCUT2D eigenvalue weighted by atomic mass is 10.2. The summed E-state index contributed by atoms with van der Waals surface area (Å²) in [6, 6.07) is 10.6. The summed E-state index contributed by atoms with van der Waals surface area (Å²) >= 11 is 1.20. The summed E-state index contributed by atoms with van der Waals surface area (Å²) < 4.78 is 15.9. The van der Waals surface area contributed by atoms with Gasteiger partial charge in [0.15, 0.2) is 5.65 Å². The van der Waals surface area contributed by atoms with Gasteiger partial charge in [0.2, 0.25) is 5.16 Å². The number of hydrogen-bond donors (Lipinski definition) is 0. The van der Waals surface area contributed by atoms with Crippen LogP contribution in [-0.4, -0.2) is 24.8 Å². The molecule has 4 aromatic rings. The van der Waals surface area contributed by atoms with Gasteiger partial charge in [-0.15, -0.1) is 10.2 Å². The van der Waals surface area contributed by atoms with Crippen molar-refractivity contribution in [2.75, 3.05) is 0 Å². The van der Waals surface area contributed by atoms with E-state index in [1.165, 1.54) is 17.8 Å². The van der Waals surface area contributed by atoms with E-state index < -0.39 is 0 Å². The second-order valence-electron chi connectivity index (χ2n) is 4.81. The van der Waals surface area contributed by atoms with Crippen molar-refractivity contribution < 1.29 is 4.39 Å². The second kappa shape index (κ2) is 5.03. The van der Waals surface area contributed by atoms with Crippen molar-refractivity contribution in [1.29, 1.82) is 0 Å². The van der Waals surface area contributed by atoms with Crippen molar-refractivity contribution in [2.24, 2.45) is 0 Å². The molecule has 0 aliphatic carbocycles. The molecule has 0 N–H and O–H groups in total. The molecule has 0 saturated heterocycles. The fourth-order valence-electron chi connectivity index (χ4n) is 2.18. The van der Waals surface area contributed by atoms with Crippen LogP contribution in [0.4, 0.5) is 4.39 Å². The number of hydrogen-bond acceptors (Lipinski definition) is 5. The number of aryl methyl sites for hydroxylation is 1. The van der Waals surface area contributed by atoms with Crippen LogP contribution in [0.2, 0.25) is 0 Å². The molecule has 0 atom stereocenters. The molecule has 3 aromatic heterocycles. The predicted octanol–water partition coefficient (Wildman–Crippen LogP) is 3.27. The van der Waals surface area contributed by atoms with E-state index >= 15 is 0 Å². The van der Waals surface area contributed by atoms with E-state index in [1.54, 1.807) is 16.8 Å². The first kappa shape index (κ1) is 13.1. The molecule has 0 aliphatic heterocycles. The van der Waals surface area contributed by atoms with Gasteiger partial charge in [-0.1, -0.05) is 6.07 Å². The van der Waals surface area contributed by atoms with Gasteiger partial charge in [-0.2, -0.15) is 9.61 Å². The molecule has 7 heteroatoms. The Kier molecular flexibility index (Phi) is 3.00. The summed E-state index contributed by atoms with van der Waals surface area (Å²) in [6.45, 7) is 1.89. The highest BCUT2D eigenvalue weighted by Gasteiger charge is 2.13. The van der Waals surface area contributed by atoms with Gasteiger partial charge in [0.25, 0.3) is 0 Å². The number of nitrogens with zero attached hydrogens (tertiary/aromatic N) is 5. The van der Waals surface area contributed by atoms with Crippen molar-refractivity contribution in [1.82, 2.24) is 24.8 Å². The third-order valence-corrected chi connectivity index (χ3v) is 4.20. The molecule has 0 saturated carbocycles. The van der Waals surface area contributed by atoms with Crippen molar-refractivity contribution >= 4 is 28.3 Å². The van der Waals surface area contributed by atoms with Crippen LogP contribution in [0.5, 0.6) is 0 Å². The maximum Gasteiger partial charge on any atom is 0.217 e. The van der Waals surface area contributed by atoms with Crippen LogP contribution in [0, 0.1) is 12.7 Å². The maximum atomic E-state index is 14.3. The Balaban J connectivity index is 1.82. The molecule has 5 nitrogen and oxygen atoms in total. The van der Waals surface area contributed by atoms with Gasteiger partial charge in [-0.25, -0.2) is 4.39 Å². The Labute approximate surface area is 129 Å². The number of aromatic nitrogens is 5. The molecule has 0 unspecified atom stereocenters. The number of fused-ring (bicyclic) bond motifs is 2. The Bertz CT molecular complexity index is 998. The van der Waals surface area contributed by atoms with Gasteiger partial charge < -0.3 is 0 Å². The van der Waals surface area contributed by atoms with E-state index in [9.17, 15) is 4.39 Å². The zero-order chi connectivity index (χ0) is 15.1. The molecular formula is C15H10FN5S. The average molecular weight is 311 g/mol. The highest BCUT2D eigenvalue weighted by atomic mass is 32.2. The minimum Gasteiger partial charge on any atom is -0.256 e. The molecule has 1 aromatic carbocycles. The number of rotatable bonds is 2. The Morgan fingerprint density at radius 2 is 2.05 bits per heavy atom. The SMILES string of the molecule is Cc1ccc2nnc(Sc3cc4cccnc4cc3F)n2n1. The minimum atomic E-state index is -0.333. The molecule has 3 heterocycles. The lowest BCUT2D eigenvalue weighted by Gasteiger charge is -2.04. The second-order valence-corrected chi connectivity index (χ2v) is 5.82. The van der Waals surface area contributed by atoms with Gasteiger partial charge in [0.05, 0.1) is 16.1 Å². The molecule has 108 valence electrons.